The molecule has 2 aromatic rings. The van der Waals surface area contributed by atoms with E-state index in [1.165, 1.54) is 11.3 Å². The lowest BCUT2D eigenvalue weighted by molar-refractivity contribution is 0.0953. The average Bonchev–Trinajstić information content (AvgIpc) is 2.86. The molecule has 0 aliphatic rings. The fraction of sp³-hybridized carbons (Fsp3) is 0.294. The molecule has 1 N–H and O–H groups in total. The Hall–Kier alpha value is -1.94. The van der Waals surface area contributed by atoms with Gasteiger partial charge in [0.1, 0.15) is 0 Å². The topological polar surface area (TPSA) is 46.2 Å². The maximum atomic E-state index is 12.1. The second-order valence-electron chi connectivity index (χ2n) is 5.20. The highest BCUT2D eigenvalue weighted by atomic mass is 32.1. The zero-order valence-corrected chi connectivity index (χ0v) is 13.3. The van der Waals surface area contributed by atoms with Gasteiger partial charge in [0.05, 0.1) is 4.88 Å². The number of aryl methyl sites for hydroxylation is 2. The van der Waals surface area contributed by atoms with Crippen LogP contribution >= 0.6 is 11.3 Å². The second-order valence-corrected chi connectivity index (χ2v) is 6.37. The number of amides is 1. The van der Waals surface area contributed by atoms with Gasteiger partial charge in [-0.15, -0.1) is 11.3 Å². The molecule has 21 heavy (non-hydrogen) atoms. The third kappa shape index (κ3) is 4.26. The Balaban J connectivity index is 1.90. The molecule has 0 spiro atoms. The number of benzene rings is 1. The average molecular weight is 301 g/mol. The van der Waals surface area contributed by atoms with E-state index >= 15 is 0 Å². The Labute approximate surface area is 129 Å². The van der Waals surface area contributed by atoms with Gasteiger partial charge in [0.15, 0.2) is 5.78 Å². The van der Waals surface area contributed by atoms with Crippen LogP contribution in [0.2, 0.25) is 0 Å². The van der Waals surface area contributed by atoms with Gasteiger partial charge in [0.2, 0.25) is 0 Å². The summed E-state index contributed by atoms with van der Waals surface area (Å²) in [5.74, 6) is 0.0377. The number of rotatable bonds is 5. The van der Waals surface area contributed by atoms with Gasteiger partial charge in [0.25, 0.3) is 5.91 Å². The first kappa shape index (κ1) is 15.4. The zero-order valence-electron chi connectivity index (χ0n) is 12.5. The van der Waals surface area contributed by atoms with Crippen molar-refractivity contribution in [1.29, 1.82) is 0 Å². The van der Waals surface area contributed by atoms with Crippen molar-refractivity contribution < 1.29 is 9.59 Å². The molecule has 1 amide bonds. The molecule has 0 saturated carbocycles. The summed E-state index contributed by atoms with van der Waals surface area (Å²) >= 11 is 1.49. The summed E-state index contributed by atoms with van der Waals surface area (Å²) in [6.07, 6.45) is 0.745. The molecule has 2 rings (SSSR count). The Morgan fingerprint density at radius 1 is 1.10 bits per heavy atom. The fourth-order valence-electron chi connectivity index (χ4n) is 2.21. The lowest BCUT2D eigenvalue weighted by atomic mass is 10.1. The van der Waals surface area contributed by atoms with Crippen molar-refractivity contribution in [3.63, 3.8) is 0 Å². The van der Waals surface area contributed by atoms with E-state index < -0.39 is 0 Å². The first-order chi connectivity index (χ1) is 9.95. The van der Waals surface area contributed by atoms with Crippen molar-refractivity contribution in [1.82, 2.24) is 5.32 Å². The third-order valence-electron chi connectivity index (χ3n) is 3.15. The van der Waals surface area contributed by atoms with Crippen molar-refractivity contribution in [3.8, 4) is 0 Å². The first-order valence-corrected chi connectivity index (χ1v) is 7.73. The summed E-state index contributed by atoms with van der Waals surface area (Å²) in [6, 6.07) is 9.62. The summed E-state index contributed by atoms with van der Waals surface area (Å²) in [5.41, 5.74) is 2.87. The minimum absolute atomic E-state index is 0.0508. The number of hydrogen-bond acceptors (Lipinski definition) is 3. The van der Waals surface area contributed by atoms with Crippen molar-refractivity contribution >= 4 is 23.0 Å². The first-order valence-electron chi connectivity index (χ1n) is 6.92. The van der Waals surface area contributed by atoms with E-state index in [0.29, 0.717) is 12.1 Å². The van der Waals surface area contributed by atoms with Gasteiger partial charge in [0, 0.05) is 17.0 Å². The maximum absolute atomic E-state index is 12.1. The quantitative estimate of drug-likeness (QED) is 0.859. The molecule has 110 valence electrons. The summed E-state index contributed by atoms with van der Waals surface area (Å²) in [4.78, 5) is 25.2. The third-order valence-corrected chi connectivity index (χ3v) is 4.40. The molecule has 0 radical (unpaired) electrons. The Bertz CT molecular complexity index is 653. The number of carbonyl (C=O) groups is 2. The molecule has 0 bridgehead atoms. The predicted octanol–water partition coefficient (Wildman–Crippen LogP) is 3.54. The summed E-state index contributed by atoms with van der Waals surface area (Å²) in [6.45, 7) is 6.11. The number of ketones is 1. The molecule has 4 heteroatoms. The van der Waals surface area contributed by atoms with Gasteiger partial charge < -0.3 is 5.32 Å². The Morgan fingerprint density at radius 3 is 2.33 bits per heavy atom. The van der Waals surface area contributed by atoms with Gasteiger partial charge >= 0.3 is 0 Å². The van der Waals surface area contributed by atoms with Crippen LogP contribution in [0.4, 0.5) is 0 Å². The molecule has 1 aromatic heterocycles. The highest BCUT2D eigenvalue weighted by molar-refractivity contribution is 7.14. The number of thiophene rings is 1. The van der Waals surface area contributed by atoms with E-state index in [1.54, 1.807) is 6.92 Å². The van der Waals surface area contributed by atoms with Crippen LogP contribution in [0.5, 0.6) is 0 Å². The minimum atomic E-state index is -0.0508. The second kappa shape index (κ2) is 6.68. The van der Waals surface area contributed by atoms with Crippen molar-refractivity contribution in [2.45, 2.75) is 27.2 Å². The van der Waals surface area contributed by atoms with Gasteiger partial charge in [-0.05, 0) is 51.5 Å². The smallest absolute Gasteiger partial charge is 0.251 e. The predicted molar refractivity (Wildman–Crippen MR) is 86.3 cm³/mol. The van der Waals surface area contributed by atoms with E-state index in [1.807, 2.05) is 44.2 Å². The summed E-state index contributed by atoms with van der Waals surface area (Å²) in [7, 11) is 0. The van der Waals surface area contributed by atoms with E-state index in [-0.39, 0.29) is 11.7 Å². The Kier molecular flexibility index (Phi) is 4.91. The van der Waals surface area contributed by atoms with Gasteiger partial charge in [-0.1, -0.05) is 17.2 Å². The molecular formula is C17H19NO2S. The largest absolute Gasteiger partial charge is 0.352 e. The fourth-order valence-corrected chi connectivity index (χ4v) is 3.11. The summed E-state index contributed by atoms with van der Waals surface area (Å²) < 4.78 is 0. The summed E-state index contributed by atoms with van der Waals surface area (Å²) in [5, 5.41) is 2.92. The van der Waals surface area contributed by atoms with Crippen LogP contribution in [0.15, 0.2) is 30.3 Å². The Morgan fingerprint density at radius 2 is 1.76 bits per heavy atom. The van der Waals surface area contributed by atoms with Crippen molar-refractivity contribution in [3.05, 3.63) is 56.8 Å². The monoisotopic (exact) mass is 301 g/mol. The highest BCUT2D eigenvalue weighted by Crippen LogP contribution is 2.17. The SMILES string of the molecule is CC(=O)c1ccc(CCNC(=O)c2cc(C)cc(C)c2)s1. The molecule has 0 saturated heterocycles. The van der Waals surface area contributed by atoms with Crippen LogP contribution in [-0.2, 0) is 6.42 Å². The molecular weight excluding hydrogens is 282 g/mol. The van der Waals surface area contributed by atoms with E-state index in [0.717, 1.165) is 27.3 Å². The van der Waals surface area contributed by atoms with Crippen molar-refractivity contribution in [2.24, 2.45) is 0 Å². The molecule has 0 aliphatic heterocycles. The molecule has 0 fully saturated rings. The number of hydrogen-bond donors (Lipinski definition) is 1. The number of nitrogens with one attached hydrogen (secondary N) is 1. The molecule has 3 nitrogen and oxygen atoms in total. The van der Waals surface area contributed by atoms with Crippen molar-refractivity contribution in [2.75, 3.05) is 6.54 Å². The minimum Gasteiger partial charge on any atom is -0.352 e. The zero-order chi connectivity index (χ0) is 15.4. The van der Waals surface area contributed by atoms with Gasteiger partial charge in [-0.3, -0.25) is 9.59 Å². The van der Waals surface area contributed by atoms with E-state index in [9.17, 15) is 9.59 Å². The van der Waals surface area contributed by atoms with Crippen LogP contribution < -0.4 is 5.32 Å². The lowest BCUT2D eigenvalue weighted by Gasteiger charge is -2.06. The molecule has 1 aromatic carbocycles. The van der Waals surface area contributed by atoms with E-state index in [4.69, 9.17) is 0 Å². The normalized spacial score (nSPS) is 10.4. The number of carbonyl (C=O) groups excluding carboxylic acids is 2. The lowest BCUT2D eigenvalue weighted by Crippen LogP contribution is -2.25. The maximum Gasteiger partial charge on any atom is 0.251 e. The van der Waals surface area contributed by atoms with Crippen LogP contribution in [0.3, 0.4) is 0 Å². The highest BCUT2D eigenvalue weighted by Gasteiger charge is 2.07. The standard InChI is InChI=1S/C17H19NO2S/c1-11-8-12(2)10-14(9-11)17(20)18-7-6-15-4-5-16(21-15)13(3)19/h4-5,8-10H,6-7H2,1-3H3,(H,18,20). The molecule has 0 atom stereocenters. The van der Waals surface area contributed by atoms with Crippen LogP contribution in [0.25, 0.3) is 0 Å². The van der Waals surface area contributed by atoms with Gasteiger partial charge in [-0.2, -0.15) is 0 Å². The van der Waals surface area contributed by atoms with Crippen LogP contribution in [0, 0.1) is 13.8 Å². The van der Waals surface area contributed by atoms with Crippen LogP contribution in [-0.4, -0.2) is 18.2 Å². The molecule has 0 unspecified atom stereocenters. The molecule has 1 heterocycles. The van der Waals surface area contributed by atoms with E-state index in [2.05, 4.69) is 5.32 Å². The van der Waals surface area contributed by atoms with Gasteiger partial charge in [-0.25, -0.2) is 0 Å². The molecule has 0 aliphatic carbocycles. The number of Topliss-reactive ketones (excluding diaryl/α,β-unsaturated/α-hetero) is 1. The van der Waals surface area contributed by atoms with Crippen LogP contribution in [0.1, 0.15) is 43.0 Å².